The number of rotatable bonds is 5. The van der Waals surface area contributed by atoms with Crippen LogP contribution in [-0.2, 0) is 16.4 Å². The van der Waals surface area contributed by atoms with Crippen molar-refractivity contribution >= 4 is 27.3 Å². The second-order valence-corrected chi connectivity index (χ2v) is 9.79. The molecule has 1 aliphatic heterocycles. The molecule has 2 aromatic rings. The van der Waals surface area contributed by atoms with Gasteiger partial charge in [-0.05, 0) is 49.2 Å². The summed E-state index contributed by atoms with van der Waals surface area (Å²) < 4.78 is 39.7. The van der Waals surface area contributed by atoms with E-state index in [0.717, 1.165) is 29.9 Å². The molecule has 2 heterocycles. The molecule has 0 N–H and O–H groups in total. The maximum absolute atomic E-state index is 13.0. The maximum atomic E-state index is 13.0. The third-order valence-electron chi connectivity index (χ3n) is 4.73. The van der Waals surface area contributed by atoms with E-state index in [1.54, 1.807) is 4.90 Å². The van der Waals surface area contributed by atoms with E-state index in [2.05, 4.69) is 6.92 Å². The molecule has 1 saturated heterocycles. The first-order valence-corrected chi connectivity index (χ1v) is 11.2. The first kappa shape index (κ1) is 20.0. The molecule has 1 aliphatic rings. The Morgan fingerprint density at radius 2 is 1.78 bits per heavy atom. The molecule has 0 radical (unpaired) electrons. The molecule has 0 bridgehead atoms. The third-order valence-corrected chi connectivity index (χ3v) is 7.72. The van der Waals surface area contributed by atoms with Gasteiger partial charge in [-0.3, -0.25) is 4.79 Å². The number of carbonyl (C=O) groups is 1. The molecule has 0 saturated carbocycles. The molecule has 5 nitrogen and oxygen atoms in total. The molecule has 8 heteroatoms. The Morgan fingerprint density at radius 1 is 1.15 bits per heavy atom. The fraction of sp³-hybridized carbons (Fsp3) is 0.421. The molecule has 0 aliphatic carbocycles. The highest BCUT2D eigenvalue weighted by atomic mass is 32.2. The smallest absolute Gasteiger partial charge is 0.264 e. The van der Waals surface area contributed by atoms with Gasteiger partial charge in [0.25, 0.3) is 5.91 Å². The van der Waals surface area contributed by atoms with Gasteiger partial charge in [-0.1, -0.05) is 13.3 Å². The predicted molar refractivity (Wildman–Crippen MR) is 104 cm³/mol. The van der Waals surface area contributed by atoms with E-state index in [9.17, 15) is 17.6 Å². The van der Waals surface area contributed by atoms with Crippen molar-refractivity contribution in [2.45, 2.75) is 31.6 Å². The topological polar surface area (TPSA) is 57.7 Å². The summed E-state index contributed by atoms with van der Waals surface area (Å²) >= 11 is 1.50. The van der Waals surface area contributed by atoms with Crippen molar-refractivity contribution in [3.05, 3.63) is 51.5 Å². The summed E-state index contributed by atoms with van der Waals surface area (Å²) in [6.07, 6.45) is 1.99. The predicted octanol–water partition coefficient (Wildman–Crippen LogP) is 3.29. The second-order valence-electron chi connectivity index (χ2n) is 6.59. The molecule has 146 valence electrons. The van der Waals surface area contributed by atoms with Crippen molar-refractivity contribution < 1.29 is 17.6 Å². The molecule has 3 rings (SSSR count). The number of carbonyl (C=O) groups excluding carboxylic acids is 1. The van der Waals surface area contributed by atoms with Crippen LogP contribution < -0.4 is 0 Å². The summed E-state index contributed by atoms with van der Waals surface area (Å²) in [5.74, 6) is -0.512. The lowest BCUT2D eigenvalue weighted by Crippen LogP contribution is -2.50. The van der Waals surface area contributed by atoms with Gasteiger partial charge in [0, 0.05) is 31.1 Å². The van der Waals surface area contributed by atoms with Gasteiger partial charge in [-0.25, -0.2) is 12.8 Å². The van der Waals surface area contributed by atoms with E-state index in [-0.39, 0.29) is 23.9 Å². The number of benzene rings is 1. The van der Waals surface area contributed by atoms with Crippen LogP contribution in [0.15, 0.2) is 35.2 Å². The van der Waals surface area contributed by atoms with Crippen molar-refractivity contribution in [2.75, 3.05) is 26.2 Å². The fourth-order valence-electron chi connectivity index (χ4n) is 3.19. The lowest BCUT2D eigenvalue weighted by molar-refractivity contribution is 0.0702. The third kappa shape index (κ3) is 4.23. The minimum atomic E-state index is -3.67. The number of aryl methyl sites for hydroxylation is 2. The molecular formula is C19H23FN2O3S2. The van der Waals surface area contributed by atoms with Crippen molar-refractivity contribution in [1.82, 2.24) is 9.21 Å². The van der Waals surface area contributed by atoms with Gasteiger partial charge in [0.15, 0.2) is 0 Å². The number of halogens is 1. The number of amides is 1. The van der Waals surface area contributed by atoms with Gasteiger partial charge < -0.3 is 4.90 Å². The summed E-state index contributed by atoms with van der Waals surface area (Å²) in [6.45, 7) is 5.30. The lowest BCUT2D eigenvalue weighted by Gasteiger charge is -2.33. The Labute approximate surface area is 163 Å². The highest BCUT2D eigenvalue weighted by Gasteiger charge is 2.31. The summed E-state index contributed by atoms with van der Waals surface area (Å²) in [4.78, 5) is 16.4. The van der Waals surface area contributed by atoms with Crippen LogP contribution in [0, 0.1) is 12.7 Å². The van der Waals surface area contributed by atoms with Crippen LogP contribution in [0.25, 0.3) is 0 Å². The van der Waals surface area contributed by atoms with E-state index >= 15 is 0 Å². The Hall–Kier alpha value is -1.77. The highest BCUT2D eigenvalue weighted by Crippen LogP contribution is 2.25. The van der Waals surface area contributed by atoms with Crippen LogP contribution in [0.3, 0.4) is 0 Å². The molecule has 0 unspecified atom stereocenters. The van der Waals surface area contributed by atoms with Gasteiger partial charge in [0.05, 0.1) is 9.77 Å². The average molecular weight is 411 g/mol. The summed E-state index contributed by atoms with van der Waals surface area (Å²) in [5.41, 5.74) is 1.21. The maximum Gasteiger partial charge on any atom is 0.264 e. The lowest BCUT2D eigenvalue weighted by atomic mass is 10.1. The fourth-order valence-corrected chi connectivity index (χ4v) is 5.65. The van der Waals surface area contributed by atoms with E-state index in [0.29, 0.717) is 18.0 Å². The van der Waals surface area contributed by atoms with Gasteiger partial charge in [0.1, 0.15) is 5.82 Å². The standard InChI is InChI=1S/C19H23FN2O3S2/c1-3-4-15-13-18(26-14(15)2)19(23)21-9-11-22(12-10-21)27(24,25)17-7-5-16(20)6-8-17/h5-8,13H,3-4,9-12H2,1-2H3. The average Bonchev–Trinajstić information content (AvgIpc) is 3.02. The minimum absolute atomic E-state index is 0.0377. The Morgan fingerprint density at radius 3 is 2.37 bits per heavy atom. The SMILES string of the molecule is CCCc1cc(C(=O)N2CCN(S(=O)(=O)c3ccc(F)cc3)CC2)sc1C. The van der Waals surface area contributed by atoms with Crippen molar-refractivity contribution in [3.63, 3.8) is 0 Å². The van der Waals surface area contributed by atoms with Gasteiger partial charge in [0.2, 0.25) is 10.0 Å². The zero-order valence-corrected chi connectivity index (χ0v) is 17.1. The number of thiophene rings is 1. The number of piperazine rings is 1. The Kier molecular flexibility index (Phi) is 5.98. The van der Waals surface area contributed by atoms with Crippen molar-refractivity contribution in [3.8, 4) is 0 Å². The quantitative estimate of drug-likeness (QED) is 0.760. The van der Waals surface area contributed by atoms with Crippen LogP contribution in [-0.4, -0.2) is 49.7 Å². The number of hydrogen-bond acceptors (Lipinski definition) is 4. The van der Waals surface area contributed by atoms with Gasteiger partial charge >= 0.3 is 0 Å². The monoisotopic (exact) mass is 410 g/mol. The van der Waals surface area contributed by atoms with Gasteiger partial charge in [-0.15, -0.1) is 11.3 Å². The molecule has 1 aromatic carbocycles. The summed E-state index contributed by atoms with van der Waals surface area (Å²) in [7, 11) is -3.67. The summed E-state index contributed by atoms with van der Waals surface area (Å²) in [5, 5.41) is 0. The first-order chi connectivity index (χ1) is 12.8. The molecule has 1 aromatic heterocycles. The first-order valence-electron chi connectivity index (χ1n) is 8.97. The molecular weight excluding hydrogens is 387 g/mol. The van der Waals surface area contributed by atoms with Gasteiger partial charge in [-0.2, -0.15) is 4.31 Å². The largest absolute Gasteiger partial charge is 0.335 e. The number of hydrogen-bond donors (Lipinski definition) is 0. The second kappa shape index (κ2) is 8.08. The highest BCUT2D eigenvalue weighted by molar-refractivity contribution is 7.89. The Balaban J connectivity index is 1.67. The minimum Gasteiger partial charge on any atom is -0.335 e. The number of nitrogens with zero attached hydrogens (tertiary/aromatic N) is 2. The van der Waals surface area contributed by atoms with Crippen molar-refractivity contribution in [1.29, 1.82) is 0 Å². The zero-order valence-electron chi connectivity index (χ0n) is 15.4. The van der Waals surface area contributed by atoms with Crippen LogP contribution in [0.5, 0.6) is 0 Å². The molecule has 1 fully saturated rings. The zero-order chi connectivity index (χ0) is 19.6. The van der Waals surface area contributed by atoms with Crippen LogP contribution in [0.4, 0.5) is 4.39 Å². The molecule has 27 heavy (non-hydrogen) atoms. The molecule has 0 atom stereocenters. The molecule has 1 amide bonds. The number of sulfonamides is 1. The van der Waals surface area contributed by atoms with E-state index in [1.165, 1.54) is 33.3 Å². The van der Waals surface area contributed by atoms with Crippen molar-refractivity contribution in [2.24, 2.45) is 0 Å². The van der Waals surface area contributed by atoms with Crippen LogP contribution >= 0.6 is 11.3 Å². The molecule has 0 spiro atoms. The summed E-state index contributed by atoms with van der Waals surface area (Å²) in [6, 6.07) is 6.78. The van der Waals surface area contributed by atoms with E-state index < -0.39 is 15.8 Å². The van der Waals surface area contributed by atoms with Crippen LogP contribution in [0.2, 0.25) is 0 Å². The van der Waals surface area contributed by atoms with Crippen LogP contribution in [0.1, 0.15) is 33.5 Å². The Bertz CT molecular complexity index is 915. The van der Waals surface area contributed by atoms with E-state index in [4.69, 9.17) is 0 Å². The van der Waals surface area contributed by atoms with E-state index in [1.807, 2.05) is 13.0 Å². The normalized spacial score (nSPS) is 15.9.